The summed E-state index contributed by atoms with van der Waals surface area (Å²) in [7, 11) is 1.72. The maximum atomic E-state index is 5.28. The van der Waals surface area contributed by atoms with Crippen LogP contribution in [-0.2, 0) is 11.3 Å². The normalized spacial score (nSPS) is 13.3. The maximum absolute atomic E-state index is 5.28. The van der Waals surface area contributed by atoms with E-state index in [1.54, 1.807) is 7.11 Å². The zero-order chi connectivity index (χ0) is 15.1. The monoisotopic (exact) mass is 276 g/mol. The van der Waals surface area contributed by atoms with Crippen molar-refractivity contribution >= 4 is 12.2 Å². The van der Waals surface area contributed by atoms with Crippen LogP contribution in [0.15, 0.2) is 18.9 Å². The molecule has 1 atom stereocenters. The first-order chi connectivity index (χ1) is 9.54. The van der Waals surface area contributed by atoms with Gasteiger partial charge in [-0.15, -0.1) is 0 Å². The molecule has 3 nitrogen and oxygen atoms in total. The molecule has 0 amide bonds. The van der Waals surface area contributed by atoms with Crippen molar-refractivity contribution in [2.45, 2.75) is 46.4 Å². The first-order valence-electron chi connectivity index (χ1n) is 7.32. The van der Waals surface area contributed by atoms with Gasteiger partial charge in [0, 0.05) is 37.2 Å². The third-order valence-corrected chi connectivity index (χ3v) is 3.42. The SMILES string of the molecule is C=Cc1c(CNCC)cn(C(C)C)c1/C=C\C(C)OC. The van der Waals surface area contributed by atoms with Crippen LogP contribution in [0.4, 0.5) is 0 Å². The van der Waals surface area contributed by atoms with E-state index in [-0.39, 0.29) is 6.10 Å². The van der Waals surface area contributed by atoms with E-state index in [9.17, 15) is 0 Å². The second-order valence-electron chi connectivity index (χ2n) is 5.24. The van der Waals surface area contributed by atoms with Crippen molar-refractivity contribution in [2.24, 2.45) is 0 Å². The van der Waals surface area contributed by atoms with E-state index in [4.69, 9.17) is 4.74 Å². The van der Waals surface area contributed by atoms with Crippen molar-refractivity contribution in [3.8, 4) is 0 Å². The predicted molar refractivity (Wildman–Crippen MR) is 87.8 cm³/mol. The van der Waals surface area contributed by atoms with Crippen LogP contribution in [0, 0.1) is 0 Å². The Bertz CT molecular complexity index is 458. The molecule has 0 bridgehead atoms. The molecule has 1 aromatic heterocycles. The molecule has 1 heterocycles. The molecule has 112 valence electrons. The van der Waals surface area contributed by atoms with Gasteiger partial charge in [0.1, 0.15) is 0 Å². The highest BCUT2D eigenvalue weighted by Crippen LogP contribution is 2.24. The summed E-state index contributed by atoms with van der Waals surface area (Å²) >= 11 is 0. The summed E-state index contributed by atoms with van der Waals surface area (Å²) in [4.78, 5) is 0. The lowest BCUT2D eigenvalue weighted by Crippen LogP contribution is -2.11. The van der Waals surface area contributed by atoms with E-state index >= 15 is 0 Å². The smallest absolute Gasteiger partial charge is 0.0727 e. The van der Waals surface area contributed by atoms with Crippen LogP contribution in [0.2, 0.25) is 0 Å². The van der Waals surface area contributed by atoms with Gasteiger partial charge in [0.05, 0.1) is 6.10 Å². The van der Waals surface area contributed by atoms with Crippen LogP contribution in [0.1, 0.15) is 50.6 Å². The summed E-state index contributed by atoms with van der Waals surface area (Å²) in [6.07, 6.45) is 8.50. The molecule has 1 unspecified atom stereocenters. The van der Waals surface area contributed by atoms with Crippen molar-refractivity contribution in [3.05, 3.63) is 35.7 Å². The fourth-order valence-corrected chi connectivity index (χ4v) is 2.16. The van der Waals surface area contributed by atoms with Gasteiger partial charge in [-0.3, -0.25) is 0 Å². The molecule has 0 aliphatic heterocycles. The van der Waals surface area contributed by atoms with Crippen molar-refractivity contribution in [1.29, 1.82) is 0 Å². The van der Waals surface area contributed by atoms with Gasteiger partial charge >= 0.3 is 0 Å². The molecular formula is C17H28N2O. The van der Waals surface area contributed by atoms with Gasteiger partial charge in [0.25, 0.3) is 0 Å². The van der Waals surface area contributed by atoms with Crippen LogP contribution < -0.4 is 5.32 Å². The number of nitrogens with zero attached hydrogens (tertiary/aromatic N) is 1. The molecule has 0 saturated heterocycles. The number of hydrogen-bond acceptors (Lipinski definition) is 2. The first kappa shape index (κ1) is 16.7. The van der Waals surface area contributed by atoms with Crippen LogP contribution >= 0.6 is 0 Å². The highest BCUT2D eigenvalue weighted by molar-refractivity contribution is 5.66. The molecule has 1 aromatic rings. The zero-order valence-electron chi connectivity index (χ0n) is 13.4. The Labute approximate surface area is 123 Å². The van der Waals surface area contributed by atoms with E-state index in [2.05, 4.69) is 55.6 Å². The van der Waals surface area contributed by atoms with Crippen molar-refractivity contribution in [2.75, 3.05) is 13.7 Å². The summed E-state index contributed by atoms with van der Waals surface area (Å²) in [5.74, 6) is 0. The molecule has 1 rings (SSSR count). The lowest BCUT2D eigenvalue weighted by molar-refractivity contribution is 0.157. The zero-order valence-corrected chi connectivity index (χ0v) is 13.4. The number of ether oxygens (including phenoxy) is 1. The molecule has 0 fully saturated rings. The molecule has 0 aliphatic carbocycles. The summed E-state index contributed by atoms with van der Waals surface area (Å²) in [6.45, 7) is 14.4. The Morgan fingerprint density at radius 3 is 2.60 bits per heavy atom. The molecule has 0 aliphatic rings. The van der Waals surface area contributed by atoms with E-state index in [0.717, 1.165) is 13.1 Å². The largest absolute Gasteiger partial charge is 0.378 e. The Balaban J connectivity index is 3.19. The van der Waals surface area contributed by atoms with Crippen molar-refractivity contribution in [3.63, 3.8) is 0 Å². The van der Waals surface area contributed by atoms with E-state index in [0.29, 0.717) is 6.04 Å². The lowest BCUT2D eigenvalue weighted by atomic mass is 10.1. The van der Waals surface area contributed by atoms with Gasteiger partial charge < -0.3 is 14.6 Å². The average molecular weight is 276 g/mol. The number of nitrogens with one attached hydrogen (secondary N) is 1. The standard InChI is InChI=1S/C17H28N2O/c1-7-16-15(11-18-8-2)12-19(13(3)4)17(16)10-9-14(5)20-6/h7,9-10,12-14,18H,1,8,11H2,2-6H3/b10-9-. The molecule has 0 spiro atoms. The fourth-order valence-electron chi connectivity index (χ4n) is 2.16. The topological polar surface area (TPSA) is 26.2 Å². The Kier molecular flexibility index (Phi) is 6.76. The van der Waals surface area contributed by atoms with Gasteiger partial charge in [-0.1, -0.05) is 25.7 Å². The lowest BCUT2D eigenvalue weighted by Gasteiger charge is -2.11. The minimum atomic E-state index is 0.111. The number of aromatic nitrogens is 1. The van der Waals surface area contributed by atoms with Gasteiger partial charge in [-0.05, 0) is 39.0 Å². The van der Waals surface area contributed by atoms with Crippen molar-refractivity contribution < 1.29 is 4.74 Å². The Morgan fingerprint density at radius 2 is 2.10 bits per heavy atom. The van der Waals surface area contributed by atoms with Gasteiger partial charge in [-0.25, -0.2) is 0 Å². The third-order valence-electron chi connectivity index (χ3n) is 3.42. The molecule has 1 N–H and O–H groups in total. The van der Waals surface area contributed by atoms with Gasteiger partial charge in [0.2, 0.25) is 0 Å². The highest BCUT2D eigenvalue weighted by atomic mass is 16.5. The summed E-state index contributed by atoms with van der Waals surface area (Å²) in [5, 5.41) is 3.38. The van der Waals surface area contributed by atoms with Crippen LogP contribution in [0.5, 0.6) is 0 Å². The quantitative estimate of drug-likeness (QED) is 0.780. The van der Waals surface area contributed by atoms with E-state index in [1.165, 1.54) is 16.8 Å². The molecule has 0 saturated carbocycles. The van der Waals surface area contributed by atoms with Gasteiger partial charge in [-0.2, -0.15) is 0 Å². The Hall–Kier alpha value is -1.32. The molecule has 0 radical (unpaired) electrons. The van der Waals surface area contributed by atoms with Gasteiger partial charge in [0.15, 0.2) is 0 Å². The van der Waals surface area contributed by atoms with E-state index < -0.39 is 0 Å². The summed E-state index contributed by atoms with van der Waals surface area (Å²) in [6, 6.07) is 0.418. The molecular weight excluding hydrogens is 248 g/mol. The molecule has 0 aromatic carbocycles. The van der Waals surface area contributed by atoms with Crippen LogP contribution in [0.3, 0.4) is 0 Å². The second-order valence-corrected chi connectivity index (χ2v) is 5.24. The number of methoxy groups -OCH3 is 1. The molecule has 20 heavy (non-hydrogen) atoms. The number of hydrogen-bond donors (Lipinski definition) is 1. The first-order valence-corrected chi connectivity index (χ1v) is 7.32. The Morgan fingerprint density at radius 1 is 1.40 bits per heavy atom. The average Bonchev–Trinajstić information content (AvgIpc) is 2.80. The minimum absolute atomic E-state index is 0.111. The molecule has 3 heteroatoms. The second kappa shape index (κ2) is 8.08. The maximum Gasteiger partial charge on any atom is 0.0727 e. The van der Waals surface area contributed by atoms with Crippen LogP contribution in [0.25, 0.3) is 12.2 Å². The fraction of sp³-hybridized carbons (Fsp3) is 0.529. The number of rotatable bonds is 8. The predicted octanol–water partition coefficient (Wildman–Crippen LogP) is 3.87. The van der Waals surface area contributed by atoms with Crippen molar-refractivity contribution in [1.82, 2.24) is 9.88 Å². The third kappa shape index (κ3) is 4.09. The highest BCUT2D eigenvalue weighted by Gasteiger charge is 2.13. The van der Waals surface area contributed by atoms with E-state index in [1.807, 2.05) is 13.0 Å². The van der Waals surface area contributed by atoms with Crippen LogP contribution in [-0.4, -0.2) is 24.3 Å². The summed E-state index contributed by atoms with van der Waals surface area (Å²) in [5.41, 5.74) is 3.70. The summed E-state index contributed by atoms with van der Waals surface area (Å²) < 4.78 is 7.58. The minimum Gasteiger partial charge on any atom is -0.378 e.